The lowest BCUT2D eigenvalue weighted by atomic mass is 9.94. The molecule has 0 rings (SSSR count). The zero-order valence-electron chi connectivity index (χ0n) is 8.45. The molecule has 0 aromatic carbocycles. The molecule has 0 atom stereocenters. The van der Waals surface area contributed by atoms with Crippen molar-refractivity contribution in [1.82, 2.24) is 0 Å². The van der Waals surface area contributed by atoms with Crippen LogP contribution in [-0.4, -0.2) is 27.9 Å². The highest BCUT2D eigenvalue weighted by atomic mass is 127. The maximum Gasteiger partial charge on any atom is 0.431 e. The first kappa shape index (κ1) is 19.0. The molecule has 0 heterocycles. The number of alkyl halides is 12. The van der Waals surface area contributed by atoms with Crippen LogP contribution < -0.4 is 0 Å². The summed E-state index contributed by atoms with van der Waals surface area (Å²) in [6, 6.07) is 0. The van der Waals surface area contributed by atoms with Gasteiger partial charge in [0.2, 0.25) is 0 Å². The summed E-state index contributed by atoms with van der Waals surface area (Å²) in [5.74, 6) is -5.19. The number of rotatable bonds is 4. The number of halogens is 12. The van der Waals surface area contributed by atoms with Crippen molar-refractivity contribution in [2.24, 2.45) is 0 Å². The second-order valence-electron chi connectivity index (χ2n) is 3.62. The Morgan fingerprint density at radius 3 is 1.11 bits per heavy atom. The molecule has 12 heteroatoms. The third kappa shape index (κ3) is 5.10. The SMILES string of the molecule is FC(F)(I)CC(F)(F)CC(F)(C(F)(F)F)C(F)(F)F. The fraction of sp³-hybridized carbons (Fsp3) is 1.00. The average molecular weight is 424 g/mol. The molecule has 0 aliphatic carbocycles. The first-order chi connectivity index (χ1) is 7.91. The normalized spacial score (nSPS) is 15.8. The molecule has 0 fully saturated rings. The zero-order chi connectivity index (χ0) is 15.9. The minimum Gasteiger partial charge on any atom is -0.223 e. The van der Waals surface area contributed by atoms with E-state index in [2.05, 4.69) is 0 Å². The molecule has 0 aliphatic rings. The van der Waals surface area contributed by atoms with Gasteiger partial charge in [0.05, 0.1) is 12.8 Å². The summed E-state index contributed by atoms with van der Waals surface area (Å²) in [5.41, 5.74) is -6.26. The van der Waals surface area contributed by atoms with Crippen LogP contribution in [0.15, 0.2) is 0 Å². The minimum absolute atomic E-state index is 0.0969. The van der Waals surface area contributed by atoms with Crippen molar-refractivity contribution in [2.45, 2.75) is 40.7 Å². The Hall–Kier alpha value is -0.0400. The molecule has 0 saturated heterocycles. The molecule has 0 saturated carbocycles. The van der Waals surface area contributed by atoms with Crippen molar-refractivity contribution in [2.75, 3.05) is 0 Å². The second-order valence-corrected chi connectivity index (χ2v) is 5.20. The van der Waals surface area contributed by atoms with E-state index in [1.165, 1.54) is 0 Å². The van der Waals surface area contributed by atoms with Crippen LogP contribution >= 0.6 is 22.6 Å². The van der Waals surface area contributed by atoms with Crippen LogP contribution in [0.2, 0.25) is 0 Å². The molecule has 0 N–H and O–H groups in total. The third-order valence-electron chi connectivity index (χ3n) is 1.86. The predicted molar refractivity (Wildman–Crippen MR) is 49.1 cm³/mol. The predicted octanol–water partition coefficient (Wildman–Crippen LogP) is 5.26. The standard InChI is InChI=1S/C7H4F11I/c8-3(9,2-5(11,12)19)1-4(10,6(13,14)15)7(16,17)18/h1-2H2. The fourth-order valence-electron chi connectivity index (χ4n) is 1.07. The van der Waals surface area contributed by atoms with Gasteiger partial charge in [-0.1, -0.05) is 0 Å². The maximum atomic E-state index is 12.9. The lowest BCUT2D eigenvalue weighted by Crippen LogP contribution is -2.56. The summed E-state index contributed by atoms with van der Waals surface area (Å²) in [6.45, 7) is 0. The first-order valence-corrected chi connectivity index (χ1v) is 5.26. The Kier molecular flexibility index (Phi) is 5.05. The highest BCUT2D eigenvalue weighted by Gasteiger charge is 2.75. The third-order valence-corrected chi connectivity index (χ3v) is 2.24. The van der Waals surface area contributed by atoms with E-state index in [4.69, 9.17) is 0 Å². The van der Waals surface area contributed by atoms with Gasteiger partial charge in [0, 0.05) is 0 Å². The molecule has 0 unspecified atom stereocenters. The topological polar surface area (TPSA) is 0 Å². The Bertz CT molecular complexity index is 294. The molecular weight excluding hydrogens is 420 g/mol. The van der Waals surface area contributed by atoms with Crippen molar-refractivity contribution in [3.05, 3.63) is 0 Å². The number of hydrogen-bond donors (Lipinski definition) is 0. The van der Waals surface area contributed by atoms with Gasteiger partial charge < -0.3 is 0 Å². The average Bonchev–Trinajstić information content (AvgIpc) is 1.92. The molecule has 0 aromatic heterocycles. The van der Waals surface area contributed by atoms with Gasteiger partial charge in [0.1, 0.15) is 0 Å². The molecule has 0 amide bonds. The summed E-state index contributed by atoms with van der Waals surface area (Å²) in [5, 5.41) is 0. The Balaban J connectivity index is 5.38. The molecule has 0 aromatic rings. The second kappa shape index (κ2) is 5.06. The van der Waals surface area contributed by atoms with Gasteiger partial charge in [0.25, 0.3) is 5.92 Å². The van der Waals surface area contributed by atoms with E-state index in [1.807, 2.05) is 0 Å². The summed E-state index contributed by atoms with van der Waals surface area (Å²) in [6.07, 6.45) is -19.5. The van der Waals surface area contributed by atoms with Gasteiger partial charge in [-0.3, -0.25) is 0 Å². The van der Waals surface area contributed by atoms with Crippen molar-refractivity contribution < 1.29 is 48.3 Å². The van der Waals surface area contributed by atoms with Gasteiger partial charge >= 0.3 is 22.0 Å². The van der Waals surface area contributed by atoms with E-state index < -0.39 is 40.7 Å². The van der Waals surface area contributed by atoms with E-state index in [1.54, 1.807) is 0 Å². The van der Waals surface area contributed by atoms with E-state index in [9.17, 15) is 48.3 Å². The molecule has 0 bridgehead atoms. The lowest BCUT2D eigenvalue weighted by Gasteiger charge is -2.33. The molecule has 116 valence electrons. The zero-order valence-corrected chi connectivity index (χ0v) is 10.6. The van der Waals surface area contributed by atoms with Gasteiger partial charge in [-0.2, -0.15) is 35.1 Å². The molecular formula is C7H4F11I. The largest absolute Gasteiger partial charge is 0.431 e. The summed E-state index contributed by atoms with van der Waals surface area (Å²) in [7, 11) is 0. The Labute approximate surface area is 112 Å². The van der Waals surface area contributed by atoms with Crippen molar-refractivity contribution >= 4 is 22.6 Å². The highest BCUT2D eigenvalue weighted by molar-refractivity contribution is 14.1. The molecule has 0 spiro atoms. The van der Waals surface area contributed by atoms with Crippen LogP contribution in [-0.2, 0) is 0 Å². The van der Waals surface area contributed by atoms with Crippen LogP contribution in [0.1, 0.15) is 12.8 Å². The van der Waals surface area contributed by atoms with Crippen LogP contribution in [0.5, 0.6) is 0 Å². The smallest absolute Gasteiger partial charge is 0.223 e. The van der Waals surface area contributed by atoms with Crippen molar-refractivity contribution in [3.8, 4) is 0 Å². The van der Waals surface area contributed by atoms with Crippen LogP contribution in [0.4, 0.5) is 48.3 Å². The summed E-state index contributed by atoms with van der Waals surface area (Å²) in [4.78, 5) is 0. The molecule has 0 radical (unpaired) electrons. The monoisotopic (exact) mass is 424 g/mol. The first-order valence-electron chi connectivity index (χ1n) is 4.18. The quantitative estimate of drug-likeness (QED) is 0.328. The minimum atomic E-state index is -6.70. The Morgan fingerprint density at radius 2 is 0.895 bits per heavy atom. The van der Waals surface area contributed by atoms with Gasteiger partial charge in [-0.15, -0.1) is 0 Å². The maximum absolute atomic E-state index is 12.9. The highest BCUT2D eigenvalue weighted by Crippen LogP contribution is 2.53. The van der Waals surface area contributed by atoms with E-state index >= 15 is 0 Å². The molecule has 0 aliphatic heterocycles. The fourth-order valence-corrected chi connectivity index (χ4v) is 1.63. The molecule has 19 heavy (non-hydrogen) atoms. The van der Waals surface area contributed by atoms with Crippen LogP contribution in [0, 0.1) is 0 Å². The van der Waals surface area contributed by atoms with E-state index in [0.717, 1.165) is 0 Å². The molecule has 0 nitrogen and oxygen atoms in total. The van der Waals surface area contributed by atoms with Crippen LogP contribution in [0.25, 0.3) is 0 Å². The van der Waals surface area contributed by atoms with E-state index in [0.29, 0.717) is 0 Å². The van der Waals surface area contributed by atoms with Crippen molar-refractivity contribution in [3.63, 3.8) is 0 Å². The van der Waals surface area contributed by atoms with E-state index in [-0.39, 0.29) is 22.6 Å². The Morgan fingerprint density at radius 1 is 0.579 bits per heavy atom. The van der Waals surface area contributed by atoms with Gasteiger partial charge in [-0.05, 0) is 22.6 Å². The summed E-state index contributed by atoms with van der Waals surface area (Å²) < 4.78 is 130. The van der Waals surface area contributed by atoms with Crippen LogP contribution in [0.3, 0.4) is 0 Å². The number of hydrogen-bond acceptors (Lipinski definition) is 0. The van der Waals surface area contributed by atoms with Gasteiger partial charge in [0.15, 0.2) is 0 Å². The van der Waals surface area contributed by atoms with Crippen molar-refractivity contribution in [1.29, 1.82) is 0 Å². The van der Waals surface area contributed by atoms with Gasteiger partial charge in [-0.25, -0.2) is 13.2 Å². The lowest BCUT2D eigenvalue weighted by molar-refractivity contribution is -0.355. The summed E-state index contributed by atoms with van der Waals surface area (Å²) >= 11 is 0.0969.